The Labute approximate surface area is 173 Å². The van der Waals surface area contributed by atoms with E-state index in [-0.39, 0.29) is 5.91 Å². The molecule has 4 aromatic rings. The maximum absolute atomic E-state index is 14.5. The van der Waals surface area contributed by atoms with E-state index in [2.05, 4.69) is 15.5 Å². The Kier molecular flexibility index (Phi) is 4.43. The minimum Gasteiger partial charge on any atom is -0.320 e. The van der Waals surface area contributed by atoms with Crippen LogP contribution in [0.3, 0.4) is 0 Å². The number of hydrogen-bond acceptors (Lipinski definition) is 3. The smallest absolute Gasteiger partial charge is 0.276 e. The van der Waals surface area contributed by atoms with E-state index < -0.39 is 5.82 Å². The lowest BCUT2D eigenvalue weighted by Crippen LogP contribution is -2.15. The van der Waals surface area contributed by atoms with E-state index in [4.69, 9.17) is 0 Å². The first-order valence-electron chi connectivity index (χ1n) is 9.89. The van der Waals surface area contributed by atoms with Gasteiger partial charge in [0.1, 0.15) is 5.69 Å². The molecule has 2 heterocycles. The Morgan fingerprint density at radius 2 is 1.97 bits per heavy atom. The number of amides is 1. The molecular weight excluding hydrogens is 381 g/mol. The predicted octanol–water partition coefficient (Wildman–Crippen LogP) is 4.25. The first-order chi connectivity index (χ1) is 14.6. The summed E-state index contributed by atoms with van der Waals surface area (Å²) in [6.07, 6.45) is 5.94. The number of aryl methyl sites for hydroxylation is 1. The van der Waals surface area contributed by atoms with Crippen molar-refractivity contribution in [3.8, 4) is 11.4 Å². The zero-order chi connectivity index (χ0) is 20.7. The van der Waals surface area contributed by atoms with Crippen LogP contribution in [-0.2, 0) is 12.8 Å². The lowest BCUT2D eigenvalue weighted by Gasteiger charge is -2.08. The Morgan fingerprint density at radius 1 is 1.13 bits per heavy atom. The van der Waals surface area contributed by atoms with E-state index in [0.29, 0.717) is 17.1 Å². The summed E-state index contributed by atoms with van der Waals surface area (Å²) in [5.41, 5.74) is 5.26. The standard InChI is InChI=1S/C23H20FN5O/c1-15-6-9-17(10-7-15)29-20-5-2-4-18(20)22(27-29)23(30)26-16-8-11-21(19(24)14-16)28-13-3-12-25-28/h3,6-14H,2,4-5H2,1H3,(H,26,30). The summed E-state index contributed by atoms with van der Waals surface area (Å²) in [6, 6.07) is 14.3. The molecule has 2 aromatic carbocycles. The highest BCUT2D eigenvalue weighted by Gasteiger charge is 2.27. The van der Waals surface area contributed by atoms with Crippen LogP contribution in [0.5, 0.6) is 0 Å². The minimum atomic E-state index is -0.466. The lowest BCUT2D eigenvalue weighted by atomic mass is 10.2. The second-order valence-corrected chi connectivity index (χ2v) is 7.45. The zero-order valence-electron chi connectivity index (χ0n) is 16.5. The molecule has 0 aliphatic heterocycles. The molecule has 0 atom stereocenters. The molecule has 0 saturated carbocycles. The molecule has 0 unspecified atom stereocenters. The second-order valence-electron chi connectivity index (χ2n) is 7.45. The number of rotatable bonds is 4. The number of carbonyl (C=O) groups excluding carboxylic acids is 1. The van der Waals surface area contributed by atoms with E-state index >= 15 is 0 Å². The molecule has 30 heavy (non-hydrogen) atoms. The average molecular weight is 401 g/mol. The van der Waals surface area contributed by atoms with Crippen molar-refractivity contribution in [1.82, 2.24) is 19.6 Å². The molecule has 1 amide bonds. The van der Waals surface area contributed by atoms with Crippen LogP contribution in [0.2, 0.25) is 0 Å². The summed E-state index contributed by atoms with van der Waals surface area (Å²) in [5.74, 6) is -0.794. The van der Waals surface area contributed by atoms with Crippen molar-refractivity contribution >= 4 is 11.6 Å². The van der Waals surface area contributed by atoms with E-state index in [0.717, 1.165) is 36.2 Å². The van der Waals surface area contributed by atoms with Gasteiger partial charge in [-0.15, -0.1) is 0 Å². The van der Waals surface area contributed by atoms with E-state index in [1.54, 1.807) is 30.6 Å². The second kappa shape index (κ2) is 7.26. The topological polar surface area (TPSA) is 64.7 Å². The van der Waals surface area contributed by atoms with Gasteiger partial charge in [-0.1, -0.05) is 17.7 Å². The molecule has 1 aliphatic carbocycles. The van der Waals surface area contributed by atoms with Crippen molar-refractivity contribution < 1.29 is 9.18 Å². The highest BCUT2D eigenvalue weighted by Crippen LogP contribution is 2.28. The molecule has 2 aromatic heterocycles. The number of halogens is 1. The molecule has 1 aliphatic rings. The van der Waals surface area contributed by atoms with Crippen molar-refractivity contribution in [2.75, 3.05) is 5.32 Å². The Balaban J connectivity index is 1.44. The molecule has 150 valence electrons. The zero-order valence-corrected chi connectivity index (χ0v) is 16.5. The average Bonchev–Trinajstić information content (AvgIpc) is 3.47. The summed E-state index contributed by atoms with van der Waals surface area (Å²) >= 11 is 0. The maximum atomic E-state index is 14.5. The third-order valence-corrected chi connectivity index (χ3v) is 5.38. The summed E-state index contributed by atoms with van der Waals surface area (Å²) in [5, 5.41) is 11.4. The van der Waals surface area contributed by atoms with E-state index in [1.165, 1.54) is 16.3 Å². The fraction of sp³-hybridized carbons (Fsp3) is 0.174. The van der Waals surface area contributed by atoms with Gasteiger partial charge in [0.15, 0.2) is 11.5 Å². The molecule has 0 radical (unpaired) electrons. The van der Waals surface area contributed by atoms with Gasteiger partial charge < -0.3 is 5.32 Å². The van der Waals surface area contributed by atoms with Gasteiger partial charge in [-0.3, -0.25) is 4.79 Å². The SMILES string of the molecule is Cc1ccc(-n2nc(C(=O)Nc3ccc(-n4cccn4)c(F)c3)c3c2CCC3)cc1. The Bertz CT molecular complexity index is 1230. The Morgan fingerprint density at radius 3 is 2.70 bits per heavy atom. The van der Waals surface area contributed by atoms with Gasteiger partial charge >= 0.3 is 0 Å². The first kappa shape index (κ1) is 18.3. The van der Waals surface area contributed by atoms with Gasteiger partial charge in [0, 0.05) is 29.3 Å². The van der Waals surface area contributed by atoms with E-state index in [9.17, 15) is 9.18 Å². The van der Waals surface area contributed by atoms with Crippen LogP contribution in [-0.4, -0.2) is 25.5 Å². The van der Waals surface area contributed by atoms with Gasteiger partial charge in [0.05, 0.1) is 5.69 Å². The molecule has 0 fully saturated rings. The monoisotopic (exact) mass is 401 g/mol. The fourth-order valence-electron chi connectivity index (χ4n) is 3.89. The number of anilines is 1. The van der Waals surface area contributed by atoms with Crippen molar-refractivity contribution in [1.29, 1.82) is 0 Å². The van der Waals surface area contributed by atoms with Crippen LogP contribution in [0.4, 0.5) is 10.1 Å². The lowest BCUT2D eigenvalue weighted by molar-refractivity contribution is 0.102. The minimum absolute atomic E-state index is 0.322. The summed E-state index contributed by atoms with van der Waals surface area (Å²) in [6.45, 7) is 2.03. The van der Waals surface area contributed by atoms with Crippen molar-refractivity contribution in [2.24, 2.45) is 0 Å². The summed E-state index contributed by atoms with van der Waals surface area (Å²) in [7, 11) is 0. The van der Waals surface area contributed by atoms with Crippen LogP contribution in [0, 0.1) is 12.7 Å². The number of fused-ring (bicyclic) bond motifs is 1. The molecule has 0 spiro atoms. The van der Waals surface area contributed by atoms with Crippen LogP contribution in [0.25, 0.3) is 11.4 Å². The van der Waals surface area contributed by atoms with Crippen LogP contribution >= 0.6 is 0 Å². The van der Waals surface area contributed by atoms with Crippen LogP contribution in [0.1, 0.15) is 33.7 Å². The third-order valence-electron chi connectivity index (χ3n) is 5.38. The molecule has 6 nitrogen and oxygen atoms in total. The van der Waals surface area contributed by atoms with Gasteiger partial charge in [0.25, 0.3) is 5.91 Å². The third kappa shape index (κ3) is 3.18. The van der Waals surface area contributed by atoms with Gasteiger partial charge in [-0.25, -0.2) is 13.8 Å². The van der Waals surface area contributed by atoms with Gasteiger partial charge in [0.2, 0.25) is 0 Å². The first-order valence-corrected chi connectivity index (χ1v) is 9.89. The largest absolute Gasteiger partial charge is 0.320 e. The van der Waals surface area contributed by atoms with Crippen molar-refractivity contribution in [3.05, 3.63) is 89.3 Å². The van der Waals surface area contributed by atoms with Crippen LogP contribution < -0.4 is 5.32 Å². The molecule has 1 N–H and O–H groups in total. The highest BCUT2D eigenvalue weighted by molar-refractivity contribution is 6.04. The number of nitrogens with one attached hydrogen (secondary N) is 1. The molecule has 7 heteroatoms. The predicted molar refractivity (Wildman–Crippen MR) is 112 cm³/mol. The molecule has 5 rings (SSSR count). The molecular formula is C23H20FN5O. The summed E-state index contributed by atoms with van der Waals surface area (Å²) < 4.78 is 17.8. The van der Waals surface area contributed by atoms with Gasteiger partial charge in [-0.2, -0.15) is 10.2 Å². The number of nitrogens with zero attached hydrogens (tertiary/aromatic N) is 4. The molecule has 0 bridgehead atoms. The van der Waals surface area contributed by atoms with Crippen molar-refractivity contribution in [3.63, 3.8) is 0 Å². The quantitative estimate of drug-likeness (QED) is 0.556. The Hall–Kier alpha value is -3.74. The van der Waals surface area contributed by atoms with E-state index in [1.807, 2.05) is 35.9 Å². The van der Waals surface area contributed by atoms with Crippen LogP contribution in [0.15, 0.2) is 60.9 Å². The number of benzene rings is 2. The molecule has 0 saturated heterocycles. The number of carbonyl (C=O) groups is 1. The van der Waals surface area contributed by atoms with Crippen molar-refractivity contribution in [2.45, 2.75) is 26.2 Å². The fourth-order valence-corrected chi connectivity index (χ4v) is 3.89. The highest BCUT2D eigenvalue weighted by atomic mass is 19.1. The summed E-state index contributed by atoms with van der Waals surface area (Å²) in [4.78, 5) is 13.0. The number of hydrogen-bond donors (Lipinski definition) is 1. The maximum Gasteiger partial charge on any atom is 0.276 e. The normalized spacial score (nSPS) is 12.7. The van der Waals surface area contributed by atoms with Gasteiger partial charge in [-0.05, 0) is 62.6 Å². The number of aromatic nitrogens is 4.